The molecule has 0 spiro atoms. The first-order valence-electron chi connectivity index (χ1n) is 17.9. The molecule has 1 aromatic rings. The number of hydrogen-bond donors (Lipinski definition) is 9. The summed E-state index contributed by atoms with van der Waals surface area (Å²) in [4.78, 5) is 103. The van der Waals surface area contributed by atoms with Crippen LogP contribution < -0.4 is 43.8 Å². The lowest BCUT2D eigenvalue weighted by molar-refractivity contribution is -0.142. The Labute approximate surface area is 310 Å². The molecule has 0 saturated heterocycles. The molecule has 0 aliphatic rings. The van der Waals surface area contributed by atoms with Gasteiger partial charge in [-0.05, 0) is 36.2 Å². The van der Waals surface area contributed by atoms with E-state index in [2.05, 4.69) is 26.6 Å². The van der Waals surface area contributed by atoms with E-state index in [0.29, 0.717) is 18.4 Å². The maximum absolute atomic E-state index is 13.8. The number of carbonyl (C=O) groups excluding carboxylic acids is 7. The van der Waals surface area contributed by atoms with Gasteiger partial charge in [0.05, 0.1) is 6.04 Å². The molecule has 1 aromatic carbocycles. The van der Waals surface area contributed by atoms with Gasteiger partial charge in [0.2, 0.25) is 41.4 Å². The summed E-state index contributed by atoms with van der Waals surface area (Å²) < 4.78 is 0. The van der Waals surface area contributed by atoms with Crippen LogP contribution in [0.3, 0.4) is 0 Å². The average molecular weight is 747 g/mol. The molecule has 1 rings (SSSR count). The van der Waals surface area contributed by atoms with Crippen molar-refractivity contribution >= 4 is 47.3 Å². The van der Waals surface area contributed by atoms with Crippen molar-refractivity contribution in [1.29, 1.82) is 0 Å². The number of benzene rings is 1. The molecule has 0 radical (unpaired) electrons. The highest BCUT2D eigenvalue weighted by Gasteiger charge is 2.35. The molecule has 0 unspecified atom stereocenters. The minimum atomic E-state index is -1.41. The van der Waals surface area contributed by atoms with Crippen molar-refractivity contribution in [2.75, 3.05) is 0 Å². The second-order valence-electron chi connectivity index (χ2n) is 13.7. The van der Waals surface area contributed by atoms with Crippen molar-refractivity contribution in [1.82, 2.24) is 26.6 Å². The number of hydrogen-bond acceptors (Lipinski definition) is 9. The average Bonchev–Trinajstić information content (AvgIpc) is 3.11. The smallest absolute Gasteiger partial charge is 0.326 e. The van der Waals surface area contributed by atoms with E-state index >= 15 is 0 Å². The van der Waals surface area contributed by atoms with Gasteiger partial charge in [-0.25, -0.2) is 4.79 Å². The summed E-state index contributed by atoms with van der Waals surface area (Å²) >= 11 is 0. The van der Waals surface area contributed by atoms with E-state index < -0.39 is 95.4 Å². The van der Waals surface area contributed by atoms with Crippen LogP contribution in [0.5, 0.6) is 0 Å². The highest BCUT2D eigenvalue weighted by atomic mass is 16.4. The predicted molar refractivity (Wildman–Crippen MR) is 196 cm³/mol. The van der Waals surface area contributed by atoms with Crippen molar-refractivity contribution in [3.05, 3.63) is 35.9 Å². The highest BCUT2D eigenvalue weighted by molar-refractivity contribution is 5.97. The summed E-state index contributed by atoms with van der Waals surface area (Å²) in [5, 5.41) is 22.6. The fraction of sp³-hybridized carbons (Fsp3) is 0.611. The Morgan fingerprint density at radius 3 is 1.47 bits per heavy atom. The number of carbonyl (C=O) groups is 8. The summed E-state index contributed by atoms with van der Waals surface area (Å²) in [6.07, 6.45) is -0.0608. The Hall–Kier alpha value is -5.06. The van der Waals surface area contributed by atoms with Crippen molar-refractivity contribution in [3.8, 4) is 0 Å². The normalized spacial score (nSPS) is 15.6. The number of nitrogens with one attached hydrogen (secondary N) is 5. The zero-order valence-electron chi connectivity index (χ0n) is 31.5. The van der Waals surface area contributed by atoms with Crippen LogP contribution in [-0.2, 0) is 44.8 Å². The number of carboxylic acid groups (broad SMARTS) is 1. The highest BCUT2D eigenvalue weighted by Crippen LogP contribution is 2.13. The molecule has 17 heteroatoms. The van der Waals surface area contributed by atoms with E-state index in [0.717, 1.165) is 0 Å². The van der Waals surface area contributed by atoms with Gasteiger partial charge in [-0.1, -0.05) is 84.7 Å². The molecule has 7 amide bonds. The van der Waals surface area contributed by atoms with Crippen LogP contribution in [0.4, 0.5) is 0 Å². The largest absolute Gasteiger partial charge is 0.480 e. The van der Waals surface area contributed by atoms with Crippen LogP contribution in [0.1, 0.15) is 85.6 Å². The van der Waals surface area contributed by atoms with E-state index in [-0.39, 0.29) is 38.0 Å². The zero-order valence-corrected chi connectivity index (χ0v) is 31.5. The number of primary amides is 2. The van der Waals surface area contributed by atoms with E-state index in [1.165, 1.54) is 0 Å². The fourth-order valence-corrected chi connectivity index (χ4v) is 5.21. The van der Waals surface area contributed by atoms with Gasteiger partial charge in [-0.15, -0.1) is 0 Å². The van der Waals surface area contributed by atoms with Crippen LogP contribution in [0, 0.1) is 17.8 Å². The van der Waals surface area contributed by atoms with Crippen LogP contribution >= 0.6 is 0 Å². The van der Waals surface area contributed by atoms with Gasteiger partial charge in [-0.2, -0.15) is 0 Å². The van der Waals surface area contributed by atoms with Gasteiger partial charge in [0.1, 0.15) is 30.2 Å². The Balaban J connectivity index is 3.28. The van der Waals surface area contributed by atoms with Crippen LogP contribution in [0.2, 0.25) is 0 Å². The van der Waals surface area contributed by atoms with Crippen molar-refractivity contribution in [3.63, 3.8) is 0 Å². The molecular weight excluding hydrogens is 688 g/mol. The van der Waals surface area contributed by atoms with E-state index in [1.54, 1.807) is 65.0 Å². The lowest BCUT2D eigenvalue weighted by Crippen LogP contribution is -2.61. The molecular formula is C36H58N8O9. The van der Waals surface area contributed by atoms with Crippen molar-refractivity contribution < 1.29 is 43.5 Å². The number of rotatable bonds is 24. The Kier molecular flexibility index (Phi) is 19.8. The number of nitrogens with two attached hydrogens (primary N) is 3. The fourth-order valence-electron chi connectivity index (χ4n) is 5.21. The molecule has 0 aromatic heterocycles. The Bertz CT molecular complexity index is 1420. The standard InChI is InChI=1S/C36H58N8O9/c1-7-20(5)28(39)33(49)40-23(14-16-26(37)45)32(48)44-30(21(6)8-2)35(51)41-24(15-17-27(38)46)31(47)43-29(19(3)4)34(50)42-25(36(52)53)18-22-12-10-9-11-13-22/h9-13,19-21,23-25,28-30H,7-8,14-18,39H2,1-6H3,(H2,37,45)(H2,38,46)(H,40,49)(H,41,51)(H,42,50)(H,43,47)(H,44,48)(H,52,53)/t20-,21-,23-,24-,25-,28-,29-,30-/m0/s1. The summed E-state index contributed by atoms with van der Waals surface area (Å²) in [6, 6.07) is 1.22. The lowest BCUT2D eigenvalue weighted by atomic mass is 9.96. The zero-order chi connectivity index (χ0) is 40.4. The first kappa shape index (κ1) is 46.0. The molecule has 296 valence electrons. The third-order valence-corrected chi connectivity index (χ3v) is 9.12. The van der Waals surface area contributed by atoms with Gasteiger partial charge in [0.25, 0.3) is 0 Å². The molecule has 0 aliphatic heterocycles. The van der Waals surface area contributed by atoms with Crippen molar-refractivity contribution in [2.45, 2.75) is 123 Å². The maximum atomic E-state index is 13.8. The summed E-state index contributed by atoms with van der Waals surface area (Å²) in [5.74, 6) is -7.91. The Morgan fingerprint density at radius 1 is 0.604 bits per heavy atom. The van der Waals surface area contributed by atoms with Crippen molar-refractivity contribution in [2.24, 2.45) is 35.0 Å². The number of carboxylic acids is 1. The molecule has 17 nitrogen and oxygen atoms in total. The van der Waals surface area contributed by atoms with Gasteiger partial charge in [0, 0.05) is 19.3 Å². The molecule has 0 fully saturated rings. The topological polar surface area (TPSA) is 295 Å². The Morgan fingerprint density at radius 2 is 1.04 bits per heavy atom. The van der Waals surface area contributed by atoms with Crippen LogP contribution in [-0.4, -0.2) is 88.7 Å². The van der Waals surface area contributed by atoms with E-state index in [4.69, 9.17) is 17.2 Å². The predicted octanol–water partition coefficient (Wildman–Crippen LogP) is -0.656. The van der Waals surface area contributed by atoms with Crippen LogP contribution in [0.15, 0.2) is 30.3 Å². The molecule has 0 saturated carbocycles. The minimum Gasteiger partial charge on any atom is -0.480 e. The molecule has 0 aliphatic carbocycles. The van der Waals surface area contributed by atoms with Crippen LogP contribution in [0.25, 0.3) is 0 Å². The SMILES string of the molecule is CC[C@H](C)[C@H](N)C(=O)N[C@@H](CCC(N)=O)C(=O)N[C@H](C(=O)N[C@@H](CCC(N)=O)C(=O)N[C@H](C(=O)N[C@@H](Cc1ccccc1)C(=O)O)C(C)C)[C@@H](C)CC. The summed E-state index contributed by atoms with van der Waals surface area (Å²) in [6.45, 7) is 10.3. The summed E-state index contributed by atoms with van der Waals surface area (Å²) in [5.41, 5.74) is 17.4. The third-order valence-electron chi connectivity index (χ3n) is 9.12. The molecule has 8 atom stereocenters. The maximum Gasteiger partial charge on any atom is 0.326 e. The first-order valence-corrected chi connectivity index (χ1v) is 17.9. The van der Waals surface area contributed by atoms with Gasteiger partial charge >= 0.3 is 5.97 Å². The molecule has 0 bridgehead atoms. The quantitative estimate of drug-likeness (QED) is 0.0644. The second-order valence-corrected chi connectivity index (χ2v) is 13.7. The third kappa shape index (κ3) is 16.0. The number of amides is 7. The molecule has 0 heterocycles. The molecule has 53 heavy (non-hydrogen) atoms. The van der Waals surface area contributed by atoms with Gasteiger partial charge < -0.3 is 48.9 Å². The molecule has 12 N–H and O–H groups in total. The van der Waals surface area contributed by atoms with Gasteiger partial charge in [-0.3, -0.25) is 33.6 Å². The first-order chi connectivity index (χ1) is 24.8. The lowest BCUT2D eigenvalue weighted by Gasteiger charge is -2.30. The number of aliphatic carboxylic acids is 1. The minimum absolute atomic E-state index is 0.0155. The van der Waals surface area contributed by atoms with E-state index in [9.17, 15) is 43.5 Å². The summed E-state index contributed by atoms with van der Waals surface area (Å²) in [7, 11) is 0. The van der Waals surface area contributed by atoms with E-state index in [1.807, 2.05) is 6.92 Å². The monoisotopic (exact) mass is 746 g/mol. The second kappa shape index (κ2) is 22.8. The van der Waals surface area contributed by atoms with Gasteiger partial charge in [0.15, 0.2) is 0 Å².